The van der Waals surface area contributed by atoms with Gasteiger partial charge in [0.05, 0.1) is 6.04 Å². The predicted octanol–water partition coefficient (Wildman–Crippen LogP) is 3.88. The number of hydrogen-bond donors (Lipinski definition) is 1. The van der Waals surface area contributed by atoms with Crippen molar-refractivity contribution in [2.75, 3.05) is 6.54 Å². The average Bonchev–Trinajstić information content (AvgIpc) is 2.84. The van der Waals surface area contributed by atoms with E-state index in [2.05, 4.69) is 28.2 Å². The Morgan fingerprint density at radius 1 is 1.47 bits per heavy atom. The third-order valence-corrected chi connectivity index (χ3v) is 3.63. The summed E-state index contributed by atoms with van der Waals surface area (Å²) < 4.78 is 6.33. The molecule has 0 radical (unpaired) electrons. The quantitative estimate of drug-likeness (QED) is 0.899. The third kappa shape index (κ3) is 3.08. The molecule has 15 heavy (non-hydrogen) atoms. The molecular formula is C12H18BrNO. The van der Waals surface area contributed by atoms with Crippen LogP contribution in [0.25, 0.3) is 0 Å². The van der Waals surface area contributed by atoms with Crippen LogP contribution in [0.2, 0.25) is 0 Å². The minimum atomic E-state index is 0.317. The molecule has 1 aromatic heterocycles. The maximum atomic E-state index is 5.51. The monoisotopic (exact) mass is 271 g/mol. The van der Waals surface area contributed by atoms with Crippen molar-refractivity contribution in [1.29, 1.82) is 0 Å². The van der Waals surface area contributed by atoms with Gasteiger partial charge >= 0.3 is 0 Å². The fraction of sp³-hybridized carbons (Fsp3) is 0.667. The Bertz CT molecular complexity index is 304. The zero-order valence-electron chi connectivity index (χ0n) is 9.13. The number of furan rings is 1. The van der Waals surface area contributed by atoms with Crippen LogP contribution in [0.3, 0.4) is 0 Å². The van der Waals surface area contributed by atoms with E-state index in [0.717, 1.165) is 22.9 Å². The number of rotatable bonds is 4. The standard InChI is InChI=1S/C12H18BrNO/c1-9(11-6-7-12(13)15-11)14-8-10-4-2-3-5-10/h6-7,9-10,14H,2-5,8H2,1H3. The van der Waals surface area contributed by atoms with Crippen LogP contribution in [0.15, 0.2) is 21.2 Å². The fourth-order valence-corrected chi connectivity index (χ4v) is 2.54. The molecule has 84 valence electrons. The molecule has 0 aliphatic heterocycles. The lowest BCUT2D eigenvalue weighted by Crippen LogP contribution is -2.24. The van der Waals surface area contributed by atoms with Crippen LogP contribution in [-0.4, -0.2) is 6.54 Å². The highest BCUT2D eigenvalue weighted by molar-refractivity contribution is 9.10. The Hall–Kier alpha value is -0.280. The SMILES string of the molecule is CC(NCC1CCCC1)c1ccc(Br)o1. The smallest absolute Gasteiger partial charge is 0.169 e. The van der Waals surface area contributed by atoms with Gasteiger partial charge in [0, 0.05) is 0 Å². The molecular weight excluding hydrogens is 254 g/mol. The van der Waals surface area contributed by atoms with Crippen molar-refractivity contribution in [3.63, 3.8) is 0 Å². The minimum Gasteiger partial charge on any atom is -0.453 e. The summed E-state index contributed by atoms with van der Waals surface area (Å²) in [6.07, 6.45) is 5.60. The molecule has 0 aromatic carbocycles. The summed E-state index contributed by atoms with van der Waals surface area (Å²) in [6.45, 7) is 3.28. The molecule has 0 spiro atoms. The van der Waals surface area contributed by atoms with E-state index >= 15 is 0 Å². The van der Waals surface area contributed by atoms with Gasteiger partial charge in [-0.2, -0.15) is 0 Å². The van der Waals surface area contributed by atoms with E-state index in [1.807, 2.05) is 12.1 Å². The molecule has 1 aromatic rings. The summed E-state index contributed by atoms with van der Waals surface area (Å²) in [5, 5.41) is 3.54. The predicted molar refractivity (Wildman–Crippen MR) is 64.8 cm³/mol. The summed E-state index contributed by atoms with van der Waals surface area (Å²) in [5.74, 6) is 1.89. The van der Waals surface area contributed by atoms with Crippen molar-refractivity contribution in [2.45, 2.75) is 38.6 Å². The zero-order valence-corrected chi connectivity index (χ0v) is 10.7. The van der Waals surface area contributed by atoms with E-state index in [1.54, 1.807) is 0 Å². The van der Waals surface area contributed by atoms with Crippen LogP contribution in [-0.2, 0) is 0 Å². The first-order valence-electron chi connectivity index (χ1n) is 5.74. The second-order valence-corrected chi connectivity index (χ2v) is 5.20. The summed E-state index contributed by atoms with van der Waals surface area (Å²) in [6, 6.07) is 4.29. The Morgan fingerprint density at radius 2 is 2.20 bits per heavy atom. The molecule has 1 heterocycles. The van der Waals surface area contributed by atoms with E-state index in [-0.39, 0.29) is 0 Å². The van der Waals surface area contributed by atoms with E-state index < -0.39 is 0 Å². The van der Waals surface area contributed by atoms with E-state index in [0.29, 0.717) is 6.04 Å². The van der Waals surface area contributed by atoms with Gasteiger partial charge in [-0.15, -0.1) is 0 Å². The van der Waals surface area contributed by atoms with Gasteiger partial charge in [0.25, 0.3) is 0 Å². The van der Waals surface area contributed by atoms with E-state index in [4.69, 9.17) is 4.42 Å². The van der Waals surface area contributed by atoms with Crippen molar-refractivity contribution in [3.8, 4) is 0 Å². The molecule has 1 aliphatic carbocycles. The van der Waals surface area contributed by atoms with Gasteiger partial charge < -0.3 is 9.73 Å². The molecule has 1 aliphatic rings. The second kappa shape index (κ2) is 5.17. The van der Waals surface area contributed by atoms with Gasteiger partial charge in [-0.1, -0.05) is 12.8 Å². The molecule has 1 atom stereocenters. The summed E-state index contributed by atoms with van der Waals surface area (Å²) in [4.78, 5) is 0. The Morgan fingerprint density at radius 3 is 2.80 bits per heavy atom. The molecule has 2 rings (SSSR count). The number of halogens is 1. The largest absolute Gasteiger partial charge is 0.453 e. The van der Waals surface area contributed by atoms with Crippen molar-refractivity contribution < 1.29 is 4.42 Å². The first kappa shape index (κ1) is 11.2. The van der Waals surface area contributed by atoms with Crippen LogP contribution in [0.4, 0.5) is 0 Å². The highest BCUT2D eigenvalue weighted by atomic mass is 79.9. The summed E-state index contributed by atoms with van der Waals surface area (Å²) >= 11 is 3.32. The van der Waals surface area contributed by atoms with Gasteiger partial charge in [-0.25, -0.2) is 0 Å². The topological polar surface area (TPSA) is 25.2 Å². The highest BCUT2D eigenvalue weighted by Crippen LogP contribution is 2.25. The molecule has 1 N–H and O–H groups in total. The zero-order chi connectivity index (χ0) is 10.7. The van der Waals surface area contributed by atoms with Crippen LogP contribution < -0.4 is 5.32 Å². The van der Waals surface area contributed by atoms with Crippen molar-refractivity contribution in [3.05, 3.63) is 22.6 Å². The average molecular weight is 272 g/mol. The number of nitrogens with one attached hydrogen (secondary N) is 1. The maximum absolute atomic E-state index is 5.51. The third-order valence-electron chi connectivity index (χ3n) is 3.21. The fourth-order valence-electron chi connectivity index (χ4n) is 2.22. The lowest BCUT2D eigenvalue weighted by Gasteiger charge is -2.15. The van der Waals surface area contributed by atoms with Gasteiger partial charge in [0.2, 0.25) is 0 Å². The Balaban J connectivity index is 1.79. The molecule has 1 saturated carbocycles. The van der Waals surface area contributed by atoms with Crippen LogP contribution in [0.1, 0.15) is 44.4 Å². The number of hydrogen-bond acceptors (Lipinski definition) is 2. The first-order valence-corrected chi connectivity index (χ1v) is 6.53. The molecule has 0 bridgehead atoms. The molecule has 0 saturated heterocycles. The van der Waals surface area contributed by atoms with Crippen LogP contribution in [0.5, 0.6) is 0 Å². The lowest BCUT2D eigenvalue weighted by molar-refractivity contribution is 0.389. The summed E-state index contributed by atoms with van der Waals surface area (Å²) in [7, 11) is 0. The molecule has 2 nitrogen and oxygen atoms in total. The molecule has 1 unspecified atom stereocenters. The minimum absolute atomic E-state index is 0.317. The second-order valence-electron chi connectivity index (χ2n) is 4.42. The Labute approximate surface area is 99.6 Å². The van der Waals surface area contributed by atoms with Crippen LogP contribution >= 0.6 is 15.9 Å². The molecule has 3 heteroatoms. The van der Waals surface area contributed by atoms with E-state index in [9.17, 15) is 0 Å². The summed E-state index contributed by atoms with van der Waals surface area (Å²) in [5.41, 5.74) is 0. The maximum Gasteiger partial charge on any atom is 0.169 e. The molecule has 1 fully saturated rings. The van der Waals surface area contributed by atoms with Crippen molar-refractivity contribution in [1.82, 2.24) is 5.32 Å². The van der Waals surface area contributed by atoms with E-state index in [1.165, 1.54) is 25.7 Å². The van der Waals surface area contributed by atoms with Gasteiger partial charge in [0.15, 0.2) is 4.67 Å². The Kier molecular flexibility index (Phi) is 3.87. The molecule has 0 amide bonds. The lowest BCUT2D eigenvalue weighted by atomic mass is 10.1. The van der Waals surface area contributed by atoms with Crippen LogP contribution in [0, 0.1) is 5.92 Å². The van der Waals surface area contributed by atoms with Gasteiger partial charge in [0.1, 0.15) is 5.76 Å². The van der Waals surface area contributed by atoms with Crippen molar-refractivity contribution in [2.24, 2.45) is 5.92 Å². The normalized spacial score (nSPS) is 19.6. The first-order chi connectivity index (χ1) is 7.25. The van der Waals surface area contributed by atoms with Gasteiger partial charge in [-0.3, -0.25) is 0 Å². The highest BCUT2D eigenvalue weighted by Gasteiger charge is 2.16. The van der Waals surface area contributed by atoms with Gasteiger partial charge in [-0.05, 0) is 60.3 Å². The van der Waals surface area contributed by atoms with Crippen molar-refractivity contribution >= 4 is 15.9 Å².